The van der Waals surface area contributed by atoms with Crippen LogP contribution < -0.4 is 16.0 Å². The number of amides is 3. The van der Waals surface area contributed by atoms with E-state index >= 15 is 0 Å². The molecule has 2 aromatic carbocycles. The Bertz CT molecular complexity index is 1570. The Kier molecular flexibility index (Phi) is 9.81. The van der Waals surface area contributed by atoms with Crippen molar-refractivity contribution in [2.75, 3.05) is 23.7 Å². The molecule has 41 heavy (non-hydrogen) atoms. The smallest absolute Gasteiger partial charge is 0.271 e. The molecule has 216 valence electrons. The first-order chi connectivity index (χ1) is 19.6. The van der Waals surface area contributed by atoms with Gasteiger partial charge in [-0.1, -0.05) is 48.3 Å². The number of nitrogens with one attached hydrogen (secondary N) is 4. The summed E-state index contributed by atoms with van der Waals surface area (Å²) >= 11 is 12.2. The van der Waals surface area contributed by atoms with Gasteiger partial charge in [-0.3, -0.25) is 19.5 Å². The lowest BCUT2D eigenvalue weighted by Gasteiger charge is -2.32. The number of benzene rings is 2. The molecule has 3 amide bonds. The maximum atomic E-state index is 13.4. The van der Waals surface area contributed by atoms with Crippen molar-refractivity contribution in [2.24, 2.45) is 0 Å². The second kappa shape index (κ2) is 13.3. The normalized spacial score (nSPS) is 15.9. The third-order valence-corrected chi connectivity index (χ3v) is 8.76. The van der Waals surface area contributed by atoms with E-state index in [4.69, 9.17) is 23.2 Å². The van der Waals surface area contributed by atoms with Gasteiger partial charge in [-0.05, 0) is 55.7 Å². The summed E-state index contributed by atoms with van der Waals surface area (Å²) in [6.45, 7) is 2.21. The molecular formula is C27H28Cl2N6O5S. The summed E-state index contributed by atoms with van der Waals surface area (Å²) in [5, 5.41) is 14.8. The summed E-state index contributed by atoms with van der Waals surface area (Å²) in [5.41, 5.74) is 0.502. The van der Waals surface area contributed by atoms with Crippen LogP contribution in [0.4, 0.5) is 11.4 Å². The topological polar surface area (TPSA) is 153 Å². The molecule has 1 aliphatic rings. The fourth-order valence-corrected chi connectivity index (χ4v) is 6.42. The Morgan fingerprint density at radius 3 is 2.56 bits per heavy atom. The number of carbonyl (C=O) groups excluding carboxylic acids is 3. The highest BCUT2D eigenvalue weighted by atomic mass is 35.5. The van der Waals surface area contributed by atoms with Crippen LogP contribution in [-0.2, 0) is 14.8 Å². The van der Waals surface area contributed by atoms with E-state index in [1.807, 2.05) is 6.92 Å². The quantitative estimate of drug-likeness (QED) is 0.260. The molecule has 1 aliphatic heterocycles. The highest BCUT2D eigenvalue weighted by Gasteiger charge is 2.32. The highest BCUT2D eigenvalue weighted by Crippen LogP contribution is 2.26. The van der Waals surface area contributed by atoms with Crippen molar-refractivity contribution in [1.82, 2.24) is 19.8 Å². The molecule has 4 N–H and O–H groups in total. The minimum absolute atomic E-state index is 0.0120. The van der Waals surface area contributed by atoms with Gasteiger partial charge in [0.1, 0.15) is 5.69 Å². The lowest BCUT2D eigenvalue weighted by atomic mass is 10.1. The molecule has 1 atom stereocenters. The number of hydrogen-bond donors (Lipinski definition) is 4. The van der Waals surface area contributed by atoms with E-state index in [1.54, 1.807) is 24.3 Å². The van der Waals surface area contributed by atoms with E-state index in [0.29, 0.717) is 24.9 Å². The molecule has 2 heterocycles. The molecule has 1 saturated heterocycles. The summed E-state index contributed by atoms with van der Waals surface area (Å²) < 4.78 is 28.1. The molecule has 14 heteroatoms. The van der Waals surface area contributed by atoms with Gasteiger partial charge in [0.15, 0.2) is 0 Å². The minimum Gasteiger partial charge on any atom is -0.347 e. The number of H-pyrrole nitrogens is 1. The number of allylic oxidation sites excluding steroid dienone is 1. The van der Waals surface area contributed by atoms with Crippen LogP contribution in [0.2, 0.25) is 10.0 Å². The zero-order valence-electron chi connectivity index (χ0n) is 22.0. The van der Waals surface area contributed by atoms with Gasteiger partial charge in [0.25, 0.3) is 11.8 Å². The number of hydrogen-bond acceptors (Lipinski definition) is 6. The summed E-state index contributed by atoms with van der Waals surface area (Å²) in [4.78, 5) is 37.9. The van der Waals surface area contributed by atoms with Gasteiger partial charge in [-0.25, -0.2) is 8.42 Å². The Balaban J connectivity index is 1.43. The first-order valence-corrected chi connectivity index (χ1v) is 15.0. The van der Waals surface area contributed by atoms with Crippen LogP contribution in [0, 0.1) is 0 Å². The van der Waals surface area contributed by atoms with E-state index in [0.717, 1.165) is 0 Å². The molecule has 0 aliphatic carbocycles. The lowest BCUT2D eigenvalue weighted by Crippen LogP contribution is -2.49. The average molecular weight is 620 g/mol. The zero-order valence-corrected chi connectivity index (χ0v) is 24.3. The Labute approximate surface area is 247 Å². The van der Waals surface area contributed by atoms with Crippen molar-refractivity contribution in [3.05, 3.63) is 82.1 Å². The Morgan fingerprint density at radius 1 is 1.10 bits per heavy atom. The van der Waals surface area contributed by atoms with Crippen molar-refractivity contribution in [3.8, 4) is 0 Å². The van der Waals surface area contributed by atoms with E-state index in [-0.39, 0.29) is 50.9 Å². The molecule has 1 fully saturated rings. The van der Waals surface area contributed by atoms with Gasteiger partial charge >= 0.3 is 0 Å². The average Bonchev–Trinajstić information content (AvgIpc) is 3.40. The fourth-order valence-electron chi connectivity index (χ4n) is 4.28. The molecule has 0 unspecified atom stereocenters. The summed E-state index contributed by atoms with van der Waals surface area (Å²) in [5.74, 6) is -1.55. The van der Waals surface area contributed by atoms with E-state index in [2.05, 4.69) is 26.1 Å². The van der Waals surface area contributed by atoms with Gasteiger partial charge in [0.05, 0.1) is 32.4 Å². The van der Waals surface area contributed by atoms with Crippen molar-refractivity contribution in [3.63, 3.8) is 0 Å². The fraction of sp³-hybridized carbons (Fsp3) is 0.259. The number of sulfonamides is 1. The van der Waals surface area contributed by atoms with Crippen LogP contribution in [0.3, 0.4) is 0 Å². The second-order valence-corrected chi connectivity index (χ2v) is 12.0. The number of halogens is 2. The van der Waals surface area contributed by atoms with Crippen molar-refractivity contribution in [1.29, 1.82) is 0 Å². The molecule has 0 saturated carbocycles. The monoisotopic (exact) mass is 618 g/mol. The Morgan fingerprint density at radius 2 is 1.83 bits per heavy atom. The van der Waals surface area contributed by atoms with Crippen LogP contribution in [0.15, 0.2) is 65.7 Å². The number of nitrogens with zero attached hydrogens (tertiary/aromatic N) is 2. The maximum Gasteiger partial charge on any atom is 0.271 e. The number of rotatable bonds is 9. The predicted octanol–water partition coefficient (Wildman–Crippen LogP) is 4.46. The van der Waals surface area contributed by atoms with Crippen LogP contribution >= 0.6 is 23.2 Å². The minimum atomic E-state index is -3.91. The summed E-state index contributed by atoms with van der Waals surface area (Å²) in [6.07, 6.45) is 6.12. The van der Waals surface area contributed by atoms with Gasteiger partial charge < -0.3 is 16.0 Å². The predicted molar refractivity (Wildman–Crippen MR) is 157 cm³/mol. The molecule has 0 radical (unpaired) electrons. The largest absolute Gasteiger partial charge is 0.347 e. The molecule has 11 nitrogen and oxygen atoms in total. The number of anilines is 2. The zero-order chi connectivity index (χ0) is 29.6. The van der Waals surface area contributed by atoms with E-state index in [9.17, 15) is 22.8 Å². The summed E-state index contributed by atoms with van der Waals surface area (Å²) in [7, 11) is -3.91. The second-order valence-electron chi connectivity index (χ2n) is 9.21. The van der Waals surface area contributed by atoms with Crippen LogP contribution in [-0.4, -0.2) is 59.8 Å². The number of carbonyl (C=O) groups is 3. The maximum absolute atomic E-state index is 13.4. The third-order valence-electron chi connectivity index (χ3n) is 6.27. The highest BCUT2D eigenvalue weighted by molar-refractivity contribution is 7.89. The number of aromatic amines is 1. The van der Waals surface area contributed by atoms with Crippen molar-refractivity contribution in [2.45, 2.75) is 37.1 Å². The number of piperidine rings is 1. The molecular weight excluding hydrogens is 591 g/mol. The van der Waals surface area contributed by atoms with Crippen LogP contribution in [0.25, 0.3) is 0 Å². The number of aromatic nitrogens is 2. The van der Waals surface area contributed by atoms with E-state index in [1.165, 1.54) is 40.8 Å². The van der Waals surface area contributed by atoms with Crippen molar-refractivity contribution < 1.29 is 22.8 Å². The first-order valence-electron chi connectivity index (χ1n) is 12.8. The van der Waals surface area contributed by atoms with Crippen LogP contribution in [0.1, 0.15) is 47.0 Å². The molecule has 0 bridgehead atoms. The first kappa shape index (κ1) is 30.3. The van der Waals surface area contributed by atoms with Gasteiger partial charge in [-0.15, -0.1) is 0 Å². The molecule has 0 spiro atoms. The summed E-state index contributed by atoms with van der Waals surface area (Å²) in [6, 6.07) is 10.2. The van der Waals surface area contributed by atoms with Crippen molar-refractivity contribution >= 4 is 62.3 Å². The van der Waals surface area contributed by atoms with Gasteiger partial charge in [0.2, 0.25) is 15.9 Å². The van der Waals surface area contributed by atoms with Gasteiger partial charge in [-0.2, -0.15) is 9.40 Å². The molecule has 3 aromatic rings. The SMILES string of the molecule is CC/C=C/C(=O)Nc1cccc(S(=O)(=O)N2CCC[C@@H](NC(=O)c3[nH]ncc3NC(=O)c3c(Cl)cccc3Cl)C2)c1. The Hall–Kier alpha value is -3.71. The van der Waals surface area contributed by atoms with E-state index < -0.39 is 27.9 Å². The standard InChI is InChI=1S/C27H28Cl2N6O5S/c1-2-3-12-23(36)31-17-7-4-9-19(14-17)41(39,40)35-13-6-8-18(16-35)32-27(38)25-22(15-30-34-25)33-26(37)24-20(28)10-5-11-21(24)29/h3-5,7,9-12,14-15,18H,2,6,8,13,16H2,1H3,(H,30,34)(H,31,36)(H,32,38)(H,33,37)/b12-3+/t18-/m1/s1. The molecule has 4 rings (SSSR count). The molecule has 1 aromatic heterocycles. The van der Waals surface area contributed by atoms with Gasteiger partial charge in [0, 0.05) is 24.8 Å². The third kappa shape index (κ3) is 7.33. The van der Waals surface area contributed by atoms with Crippen LogP contribution in [0.5, 0.6) is 0 Å². The lowest BCUT2D eigenvalue weighted by molar-refractivity contribution is -0.111.